The first-order valence-electron chi connectivity index (χ1n) is 8.08. The topological polar surface area (TPSA) is 24.9 Å². The second-order valence-electron chi connectivity index (χ2n) is 6.84. The van der Waals surface area contributed by atoms with Crippen molar-refractivity contribution in [1.82, 2.24) is 10.3 Å². The highest BCUT2D eigenvalue weighted by Crippen LogP contribution is 2.26. The lowest BCUT2D eigenvalue weighted by molar-refractivity contribution is 0.251. The number of para-hydroxylation sites is 1. The van der Waals surface area contributed by atoms with Gasteiger partial charge < -0.3 is 5.32 Å². The number of hydrogen-bond donors (Lipinski definition) is 1. The van der Waals surface area contributed by atoms with Gasteiger partial charge in [0.05, 0.1) is 15.2 Å². The van der Waals surface area contributed by atoms with Crippen LogP contribution in [0.2, 0.25) is 0 Å². The molecule has 1 N–H and O–H groups in total. The van der Waals surface area contributed by atoms with E-state index < -0.39 is 0 Å². The fourth-order valence-electron chi connectivity index (χ4n) is 2.64. The standard InChI is InChI=1S/C18H28N2S/c1-5-13-19-16(18(2,3)4)11-8-12-17-20-14-9-6-7-10-15(14)21-17/h6-7,9-10,16,19H,5,8,11-13H2,1-4H3. The molecule has 21 heavy (non-hydrogen) atoms. The molecule has 2 aromatic rings. The first-order valence-corrected chi connectivity index (χ1v) is 8.90. The molecule has 1 unspecified atom stereocenters. The fourth-order valence-corrected chi connectivity index (χ4v) is 3.65. The SMILES string of the molecule is CCCNC(CCCc1nc2ccccc2s1)C(C)(C)C. The summed E-state index contributed by atoms with van der Waals surface area (Å²) in [7, 11) is 0. The molecule has 2 nitrogen and oxygen atoms in total. The molecule has 0 radical (unpaired) electrons. The Kier molecular flexibility index (Phi) is 5.77. The molecule has 0 fully saturated rings. The van der Waals surface area contributed by atoms with Gasteiger partial charge in [-0.05, 0) is 49.8 Å². The van der Waals surface area contributed by atoms with E-state index in [1.807, 2.05) is 11.3 Å². The third-order valence-electron chi connectivity index (χ3n) is 3.91. The van der Waals surface area contributed by atoms with Gasteiger partial charge in [-0.3, -0.25) is 0 Å². The molecule has 3 heteroatoms. The van der Waals surface area contributed by atoms with Crippen molar-refractivity contribution in [2.45, 2.75) is 59.4 Å². The number of aryl methyl sites for hydroxylation is 1. The zero-order chi connectivity index (χ0) is 15.3. The lowest BCUT2D eigenvalue weighted by Gasteiger charge is -2.31. The minimum atomic E-state index is 0.322. The molecule has 0 aliphatic rings. The minimum absolute atomic E-state index is 0.322. The van der Waals surface area contributed by atoms with Crippen LogP contribution >= 0.6 is 11.3 Å². The van der Waals surface area contributed by atoms with Crippen LogP contribution in [0.1, 0.15) is 52.0 Å². The molecule has 0 spiro atoms. The van der Waals surface area contributed by atoms with Crippen molar-refractivity contribution in [3.63, 3.8) is 0 Å². The zero-order valence-electron chi connectivity index (χ0n) is 13.8. The van der Waals surface area contributed by atoms with Crippen molar-refractivity contribution >= 4 is 21.6 Å². The van der Waals surface area contributed by atoms with E-state index >= 15 is 0 Å². The molecular formula is C18H28N2S. The predicted octanol–water partition coefficient (Wildman–Crippen LogP) is 5.03. The first kappa shape index (κ1) is 16.4. The van der Waals surface area contributed by atoms with Crippen LogP contribution < -0.4 is 5.32 Å². The summed E-state index contributed by atoms with van der Waals surface area (Å²) in [6.45, 7) is 10.3. The van der Waals surface area contributed by atoms with E-state index in [4.69, 9.17) is 4.98 Å². The molecule has 1 atom stereocenters. The number of hydrogen-bond acceptors (Lipinski definition) is 3. The number of fused-ring (bicyclic) bond motifs is 1. The van der Waals surface area contributed by atoms with E-state index in [2.05, 4.69) is 57.3 Å². The Balaban J connectivity index is 1.89. The summed E-state index contributed by atoms with van der Waals surface area (Å²) in [4.78, 5) is 4.73. The van der Waals surface area contributed by atoms with Gasteiger partial charge >= 0.3 is 0 Å². The molecule has 0 aliphatic carbocycles. The largest absolute Gasteiger partial charge is 0.313 e. The van der Waals surface area contributed by atoms with E-state index in [0.717, 1.165) is 18.5 Å². The van der Waals surface area contributed by atoms with E-state index in [-0.39, 0.29) is 0 Å². The number of benzene rings is 1. The Morgan fingerprint density at radius 3 is 2.67 bits per heavy atom. The second-order valence-corrected chi connectivity index (χ2v) is 7.96. The molecule has 0 amide bonds. The summed E-state index contributed by atoms with van der Waals surface area (Å²) in [6.07, 6.45) is 4.72. The van der Waals surface area contributed by atoms with Crippen molar-refractivity contribution < 1.29 is 0 Å². The van der Waals surface area contributed by atoms with Gasteiger partial charge in [-0.2, -0.15) is 0 Å². The van der Waals surface area contributed by atoms with Crippen LogP contribution in [0.3, 0.4) is 0 Å². The number of rotatable bonds is 7. The van der Waals surface area contributed by atoms with Crippen LogP contribution in [0, 0.1) is 5.41 Å². The van der Waals surface area contributed by atoms with Gasteiger partial charge in [-0.25, -0.2) is 4.98 Å². The van der Waals surface area contributed by atoms with Crippen molar-refractivity contribution in [3.8, 4) is 0 Å². The monoisotopic (exact) mass is 304 g/mol. The van der Waals surface area contributed by atoms with Gasteiger partial charge in [-0.15, -0.1) is 11.3 Å². The molecule has 0 saturated heterocycles. The molecule has 1 heterocycles. The zero-order valence-corrected chi connectivity index (χ0v) is 14.6. The van der Waals surface area contributed by atoms with Gasteiger partial charge in [-0.1, -0.05) is 39.8 Å². The average Bonchev–Trinajstić information content (AvgIpc) is 2.83. The summed E-state index contributed by atoms with van der Waals surface area (Å²) in [6, 6.07) is 9.02. The Morgan fingerprint density at radius 1 is 1.24 bits per heavy atom. The highest BCUT2D eigenvalue weighted by molar-refractivity contribution is 7.18. The molecule has 116 valence electrons. The highest BCUT2D eigenvalue weighted by atomic mass is 32.1. The van der Waals surface area contributed by atoms with Gasteiger partial charge in [0.1, 0.15) is 0 Å². The molecule has 2 rings (SSSR count). The Labute approximate surface area is 133 Å². The quantitative estimate of drug-likeness (QED) is 0.775. The van der Waals surface area contributed by atoms with Crippen molar-refractivity contribution in [2.24, 2.45) is 5.41 Å². The molecule has 0 saturated carbocycles. The molecule has 0 aliphatic heterocycles. The highest BCUT2D eigenvalue weighted by Gasteiger charge is 2.23. The summed E-state index contributed by atoms with van der Waals surface area (Å²) in [5.74, 6) is 0. The average molecular weight is 305 g/mol. The van der Waals surface area contributed by atoms with E-state index in [1.165, 1.54) is 29.0 Å². The summed E-state index contributed by atoms with van der Waals surface area (Å²) in [5, 5.41) is 4.98. The number of aromatic nitrogens is 1. The number of thiazole rings is 1. The third-order valence-corrected chi connectivity index (χ3v) is 5.00. The molecule has 1 aromatic carbocycles. The van der Waals surface area contributed by atoms with Gasteiger partial charge in [0.2, 0.25) is 0 Å². The lowest BCUT2D eigenvalue weighted by atomic mass is 9.83. The summed E-state index contributed by atoms with van der Waals surface area (Å²) < 4.78 is 1.31. The van der Waals surface area contributed by atoms with Crippen LogP contribution in [0.15, 0.2) is 24.3 Å². The first-order chi connectivity index (χ1) is 10.0. The smallest absolute Gasteiger partial charge is 0.0938 e. The maximum absolute atomic E-state index is 4.73. The van der Waals surface area contributed by atoms with Crippen LogP contribution in [-0.2, 0) is 6.42 Å². The van der Waals surface area contributed by atoms with Crippen molar-refractivity contribution in [2.75, 3.05) is 6.54 Å². The third kappa shape index (κ3) is 4.79. The van der Waals surface area contributed by atoms with Crippen LogP contribution in [-0.4, -0.2) is 17.6 Å². The Morgan fingerprint density at radius 2 is 2.00 bits per heavy atom. The molecule has 0 bridgehead atoms. The van der Waals surface area contributed by atoms with E-state index in [1.54, 1.807) is 0 Å². The normalized spacial score (nSPS) is 13.7. The van der Waals surface area contributed by atoms with Crippen molar-refractivity contribution in [3.05, 3.63) is 29.3 Å². The van der Waals surface area contributed by atoms with Gasteiger partial charge in [0, 0.05) is 6.04 Å². The number of nitrogens with one attached hydrogen (secondary N) is 1. The lowest BCUT2D eigenvalue weighted by Crippen LogP contribution is -2.40. The van der Waals surface area contributed by atoms with Gasteiger partial charge in [0.25, 0.3) is 0 Å². The summed E-state index contributed by atoms with van der Waals surface area (Å²) >= 11 is 1.84. The van der Waals surface area contributed by atoms with Gasteiger partial charge in [0.15, 0.2) is 0 Å². The molecular weight excluding hydrogens is 276 g/mol. The van der Waals surface area contributed by atoms with Crippen molar-refractivity contribution in [1.29, 1.82) is 0 Å². The van der Waals surface area contributed by atoms with Crippen LogP contribution in [0.4, 0.5) is 0 Å². The maximum atomic E-state index is 4.73. The van der Waals surface area contributed by atoms with E-state index in [9.17, 15) is 0 Å². The maximum Gasteiger partial charge on any atom is 0.0938 e. The summed E-state index contributed by atoms with van der Waals surface area (Å²) in [5.41, 5.74) is 1.47. The predicted molar refractivity (Wildman–Crippen MR) is 94.1 cm³/mol. The Hall–Kier alpha value is -0.930. The van der Waals surface area contributed by atoms with E-state index in [0.29, 0.717) is 11.5 Å². The number of nitrogens with zero attached hydrogens (tertiary/aromatic N) is 1. The van der Waals surface area contributed by atoms with Crippen LogP contribution in [0.25, 0.3) is 10.2 Å². The van der Waals surface area contributed by atoms with Crippen LogP contribution in [0.5, 0.6) is 0 Å². The Bertz CT molecular complexity index is 521. The second kappa shape index (κ2) is 7.37. The fraction of sp³-hybridized carbons (Fsp3) is 0.611. The minimum Gasteiger partial charge on any atom is -0.313 e. The molecule has 1 aromatic heterocycles.